The summed E-state index contributed by atoms with van der Waals surface area (Å²) in [5, 5.41) is 3.40. The number of terminal acetylenes is 1. The Labute approximate surface area is 104 Å². The van der Waals surface area contributed by atoms with Crippen LogP contribution < -0.4 is 10.2 Å². The second-order valence-electron chi connectivity index (χ2n) is 3.91. The van der Waals surface area contributed by atoms with Gasteiger partial charge in [0.15, 0.2) is 0 Å². The highest BCUT2D eigenvalue weighted by atomic mass is 15.2. The molecule has 0 aromatic carbocycles. The van der Waals surface area contributed by atoms with Crippen LogP contribution >= 0.6 is 0 Å². The van der Waals surface area contributed by atoms with E-state index in [1.54, 1.807) is 0 Å². The first-order chi connectivity index (χ1) is 8.24. The lowest BCUT2D eigenvalue weighted by Gasteiger charge is -2.24. The molecule has 0 spiro atoms. The second-order valence-corrected chi connectivity index (χ2v) is 3.91. The number of aromatic nitrogens is 1. The Bertz CT molecular complexity index is 381. The van der Waals surface area contributed by atoms with Gasteiger partial charge >= 0.3 is 0 Å². The van der Waals surface area contributed by atoms with Crippen LogP contribution in [-0.2, 0) is 0 Å². The Morgan fingerprint density at radius 3 is 2.88 bits per heavy atom. The molecular formula is C14H21N3. The summed E-state index contributed by atoms with van der Waals surface area (Å²) in [5.74, 6) is 3.67. The Balaban J connectivity index is 3.01. The molecule has 0 bridgehead atoms. The van der Waals surface area contributed by atoms with Crippen LogP contribution in [0.5, 0.6) is 0 Å². The molecule has 0 fully saturated rings. The molecule has 3 nitrogen and oxygen atoms in total. The minimum Gasteiger partial charge on any atom is -0.345 e. The van der Waals surface area contributed by atoms with Gasteiger partial charge in [0.2, 0.25) is 0 Å². The molecule has 0 aliphatic carbocycles. The van der Waals surface area contributed by atoms with E-state index in [0.717, 1.165) is 18.9 Å². The van der Waals surface area contributed by atoms with Crippen LogP contribution in [0, 0.1) is 12.3 Å². The van der Waals surface area contributed by atoms with Gasteiger partial charge in [-0.1, -0.05) is 18.9 Å². The van der Waals surface area contributed by atoms with E-state index in [0.29, 0.717) is 6.54 Å². The van der Waals surface area contributed by atoms with Crippen LogP contribution in [0.15, 0.2) is 18.3 Å². The highest BCUT2D eigenvalue weighted by molar-refractivity contribution is 5.49. The van der Waals surface area contributed by atoms with Crippen LogP contribution in [0.2, 0.25) is 0 Å². The molecule has 1 N–H and O–H groups in total. The number of nitrogens with zero attached hydrogens (tertiary/aromatic N) is 2. The first-order valence-electron chi connectivity index (χ1n) is 6.11. The van der Waals surface area contributed by atoms with E-state index in [1.807, 2.05) is 12.3 Å². The standard InChI is InChI=1S/C14H21N3/c1-5-11-17(7-3)14-13(9-8-10-16-14)12(4)15-6-2/h1,8-10,12,15H,6-7,11H2,2-4H3. The molecule has 0 aliphatic rings. The number of hydrogen-bond acceptors (Lipinski definition) is 3. The predicted molar refractivity (Wildman–Crippen MR) is 73.0 cm³/mol. The van der Waals surface area contributed by atoms with Crippen molar-refractivity contribution in [2.24, 2.45) is 0 Å². The number of rotatable bonds is 6. The Kier molecular flexibility index (Phi) is 5.51. The highest BCUT2D eigenvalue weighted by Gasteiger charge is 2.14. The summed E-state index contributed by atoms with van der Waals surface area (Å²) in [7, 11) is 0. The fourth-order valence-electron chi connectivity index (χ4n) is 1.87. The van der Waals surface area contributed by atoms with Crippen LogP contribution in [0.1, 0.15) is 32.4 Å². The predicted octanol–water partition coefficient (Wildman–Crippen LogP) is 2.21. The number of hydrogen-bond donors (Lipinski definition) is 1. The maximum absolute atomic E-state index is 5.39. The van der Waals surface area contributed by atoms with E-state index in [-0.39, 0.29) is 6.04 Å². The number of pyridine rings is 1. The van der Waals surface area contributed by atoms with Gasteiger partial charge in [0, 0.05) is 24.3 Å². The van der Waals surface area contributed by atoms with E-state index in [9.17, 15) is 0 Å². The zero-order chi connectivity index (χ0) is 12.7. The van der Waals surface area contributed by atoms with Crippen LogP contribution in [-0.4, -0.2) is 24.6 Å². The quantitative estimate of drug-likeness (QED) is 0.761. The van der Waals surface area contributed by atoms with Gasteiger partial charge in [-0.05, 0) is 26.5 Å². The van der Waals surface area contributed by atoms with Crippen molar-refractivity contribution in [3.63, 3.8) is 0 Å². The zero-order valence-corrected chi connectivity index (χ0v) is 10.9. The largest absolute Gasteiger partial charge is 0.345 e. The first-order valence-corrected chi connectivity index (χ1v) is 6.11. The third-order valence-electron chi connectivity index (χ3n) is 2.76. The molecule has 1 heterocycles. The van der Waals surface area contributed by atoms with Crippen LogP contribution in [0.25, 0.3) is 0 Å². The van der Waals surface area contributed by atoms with Gasteiger partial charge in [-0.15, -0.1) is 6.42 Å². The monoisotopic (exact) mass is 231 g/mol. The van der Waals surface area contributed by atoms with Crippen molar-refractivity contribution < 1.29 is 0 Å². The lowest BCUT2D eigenvalue weighted by molar-refractivity contribution is 0.594. The van der Waals surface area contributed by atoms with E-state index < -0.39 is 0 Å². The molecule has 1 aromatic heterocycles. The summed E-state index contributed by atoms with van der Waals surface area (Å²) in [4.78, 5) is 6.58. The summed E-state index contributed by atoms with van der Waals surface area (Å²) in [6.45, 7) is 8.75. The molecule has 1 atom stereocenters. The van der Waals surface area contributed by atoms with Gasteiger partial charge in [-0.3, -0.25) is 0 Å². The van der Waals surface area contributed by atoms with Crippen molar-refractivity contribution in [1.29, 1.82) is 0 Å². The molecule has 3 heteroatoms. The van der Waals surface area contributed by atoms with Crippen molar-refractivity contribution in [2.75, 3.05) is 24.5 Å². The van der Waals surface area contributed by atoms with Crippen molar-refractivity contribution in [3.8, 4) is 12.3 Å². The molecule has 1 rings (SSSR count). The van der Waals surface area contributed by atoms with Crippen molar-refractivity contribution in [2.45, 2.75) is 26.8 Å². The third kappa shape index (κ3) is 3.47. The van der Waals surface area contributed by atoms with Gasteiger partial charge < -0.3 is 10.2 Å². The number of nitrogens with one attached hydrogen (secondary N) is 1. The molecule has 0 aliphatic heterocycles. The van der Waals surface area contributed by atoms with Gasteiger partial charge in [0.25, 0.3) is 0 Å². The minimum atomic E-state index is 0.288. The average molecular weight is 231 g/mol. The smallest absolute Gasteiger partial charge is 0.134 e. The summed E-state index contributed by atoms with van der Waals surface area (Å²) >= 11 is 0. The fraction of sp³-hybridized carbons (Fsp3) is 0.500. The van der Waals surface area contributed by atoms with Gasteiger partial charge in [0.1, 0.15) is 5.82 Å². The lowest BCUT2D eigenvalue weighted by Crippen LogP contribution is -2.27. The van der Waals surface area contributed by atoms with E-state index in [2.05, 4.69) is 48.0 Å². The van der Waals surface area contributed by atoms with Crippen molar-refractivity contribution >= 4 is 5.82 Å². The van der Waals surface area contributed by atoms with Gasteiger partial charge in [-0.2, -0.15) is 0 Å². The van der Waals surface area contributed by atoms with E-state index in [4.69, 9.17) is 6.42 Å². The Hall–Kier alpha value is -1.53. The van der Waals surface area contributed by atoms with Gasteiger partial charge in [-0.25, -0.2) is 4.98 Å². The minimum absolute atomic E-state index is 0.288. The normalized spacial score (nSPS) is 11.9. The maximum atomic E-state index is 5.39. The summed E-state index contributed by atoms with van der Waals surface area (Å²) < 4.78 is 0. The lowest BCUT2D eigenvalue weighted by atomic mass is 10.1. The maximum Gasteiger partial charge on any atom is 0.134 e. The second kappa shape index (κ2) is 6.93. The molecule has 0 amide bonds. The topological polar surface area (TPSA) is 28.2 Å². The summed E-state index contributed by atoms with van der Waals surface area (Å²) in [6.07, 6.45) is 7.21. The molecule has 0 saturated carbocycles. The van der Waals surface area contributed by atoms with Crippen molar-refractivity contribution in [3.05, 3.63) is 23.9 Å². The van der Waals surface area contributed by atoms with E-state index in [1.165, 1.54) is 5.56 Å². The molecule has 1 aromatic rings. The average Bonchev–Trinajstić information content (AvgIpc) is 2.36. The summed E-state index contributed by atoms with van der Waals surface area (Å²) in [6, 6.07) is 4.36. The number of anilines is 1. The third-order valence-corrected chi connectivity index (χ3v) is 2.76. The van der Waals surface area contributed by atoms with Gasteiger partial charge in [0.05, 0.1) is 6.54 Å². The molecule has 1 unspecified atom stereocenters. The van der Waals surface area contributed by atoms with Crippen molar-refractivity contribution in [1.82, 2.24) is 10.3 Å². The van der Waals surface area contributed by atoms with Crippen LogP contribution in [0.3, 0.4) is 0 Å². The SMILES string of the molecule is C#CCN(CC)c1ncccc1C(C)NCC. The Morgan fingerprint density at radius 2 is 2.29 bits per heavy atom. The molecule has 92 valence electrons. The Morgan fingerprint density at radius 1 is 1.53 bits per heavy atom. The molecule has 0 radical (unpaired) electrons. The van der Waals surface area contributed by atoms with Crippen LogP contribution in [0.4, 0.5) is 5.82 Å². The van der Waals surface area contributed by atoms with E-state index >= 15 is 0 Å². The fourth-order valence-corrected chi connectivity index (χ4v) is 1.87. The molecule has 0 saturated heterocycles. The molecular weight excluding hydrogens is 210 g/mol. The molecule has 17 heavy (non-hydrogen) atoms. The highest BCUT2D eigenvalue weighted by Crippen LogP contribution is 2.23. The zero-order valence-electron chi connectivity index (χ0n) is 10.9. The first kappa shape index (κ1) is 13.5. The summed E-state index contributed by atoms with van der Waals surface area (Å²) in [5.41, 5.74) is 1.20.